The number of aliphatic carboxylic acids is 2. The van der Waals surface area contributed by atoms with E-state index in [0.29, 0.717) is 0 Å². The molecule has 0 aromatic heterocycles. The van der Waals surface area contributed by atoms with Gasteiger partial charge in [-0.2, -0.15) is 0 Å². The number of carboxylic acid groups (broad SMARTS) is 2. The zero-order valence-corrected chi connectivity index (χ0v) is 10.0. The predicted octanol–water partition coefficient (Wildman–Crippen LogP) is -2.38. The fourth-order valence-corrected chi connectivity index (χ4v) is 1.85. The highest BCUT2D eigenvalue weighted by atomic mass is 16.7. The topological polar surface area (TPSA) is 154 Å². The number of carbonyl (C=O) groups is 2. The second-order valence-electron chi connectivity index (χ2n) is 4.22. The Morgan fingerprint density at radius 3 is 2.05 bits per heavy atom. The molecule has 1 aliphatic rings. The van der Waals surface area contributed by atoms with Crippen molar-refractivity contribution in [3.63, 3.8) is 0 Å². The number of ether oxygens (including phenoxy) is 2. The van der Waals surface area contributed by atoms with Gasteiger partial charge in [0.25, 0.3) is 0 Å². The molecule has 0 bridgehead atoms. The third kappa shape index (κ3) is 3.39. The lowest BCUT2D eigenvalue weighted by Crippen LogP contribution is -2.58. The van der Waals surface area contributed by atoms with Crippen molar-refractivity contribution in [1.29, 1.82) is 0 Å². The molecule has 1 heterocycles. The first-order valence-electron chi connectivity index (χ1n) is 5.47. The number of aliphatic hydroxyl groups excluding tert-OH is 3. The van der Waals surface area contributed by atoms with Crippen LogP contribution in [0, 0.1) is 5.92 Å². The highest BCUT2D eigenvalue weighted by Gasteiger charge is 2.46. The number of methoxy groups -OCH3 is 1. The van der Waals surface area contributed by atoms with E-state index in [0.717, 1.165) is 0 Å². The quantitative estimate of drug-likeness (QED) is 0.347. The van der Waals surface area contributed by atoms with Gasteiger partial charge in [0.15, 0.2) is 12.2 Å². The van der Waals surface area contributed by atoms with Crippen molar-refractivity contribution in [2.24, 2.45) is 5.92 Å². The second kappa shape index (κ2) is 6.26. The molecule has 5 N–H and O–H groups in total. The van der Waals surface area contributed by atoms with E-state index in [2.05, 4.69) is 0 Å². The van der Waals surface area contributed by atoms with E-state index in [1.807, 2.05) is 0 Å². The number of rotatable bonds is 5. The van der Waals surface area contributed by atoms with Gasteiger partial charge in [0.2, 0.25) is 0 Å². The van der Waals surface area contributed by atoms with E-state index in [1.54, 1.807) is 0 Å². The van der Waals surface area contributed by atoms with Gasteiger partial charge in [0.1, 0.15) is 18.3 Å². The fourth-order valence-electron chi connectivity index (χ4n) is 1.85. The molecule has 1 saturated heterocycles. The van der Waals surface area contributed by atoms with E-state index in [-0.39, 0.29) is 0 Å². The van der Waals surface area contributed by atoms with E-state index in [9.17, 15) is 24.9 Å². The van der Waals surface area contributed by atoms with Gasteiger partial charge >= 0.3 is 11.9 Å². The van der Waals surface area contributed by atoms with Gasteiger partial charge in [0, 0.05) is 13.5 Å². The highest BCUT2D eigenvalue weighted by molar-refractivity contribution is 5.92. The summed E-state index contributed by atoms with van der Waals surface area (Å²) in [6, 6.07) is 0. The molecule has 9 nitrogen and oxygen atoms in total. The number of hydrogen-bond donors (Lipinski definition) is 5. The average molecular weight is 280 g/mol. The van der Waals surface area contributed by atoms with Crippen LogP contribution >= 0.6 is 0 Å². The van der Waals surface area contributed by atoms with Crippen LogP contribution in [0.3, 0.4) is 0 Å². The van der Waals surface area contributed by atoms with Crippen LogP contribution in [0.15, 0.2) is 0 Å². The van der Waals surface area contributed by atoms with Gasteiger partial charge < -0.3 is 35.0 Å². The third-order valence-electron chi connectivity index (χ3n) is 2.97. The summed E-state index contributed by atoms with van der Waals surface area (Å²) in [4.78, 5) is 21.5. The van der Waals surface area contributed by atoms with Crippen molar-refractivity contribution in [3.8, 4) is 0 Å². The first-order valence-corrected chi connectivity index (χ1v) is 5.47. The molecule has 0 aromatic carbocycles. The number of hydrogen-bond acceptors (Lipinski definition) is 7. The molecule has 9 heteroatoms. The van der Waals surface area contributed by atoms with Crippen molar-refractivity contribution in [2.75, 3.05) is 7.11 Å². The van der Waals surface area contributed by atoms with E-state index in [1.165, 1.54) is 7.11 Å². The van der Waals surface area contributed by atoms with Crippen LogP contribution in [0.2, 0.25) is 0 Å². The molecule has 1 rings (SSSR count). The van der Waals surface area contributed by atoms with Gasteiger partial charge in [-0.3, -0.25) is 9.59 Å². The maximum Gasteiger partial charge on any atom is 0.317 e. The van der Waals surface area contributed by atoms with Crippen molar-refractivity contribution in [3.05, 3.63) is 0 Å². The molecule has 19 heavy (non-hydrogen) atoms. The molecule has 0 spiro atoms. The van der Waals surface area contributed by atoms with Gasteiger partial charge in [-0.25, -0.2) is 0 Å². The van der Waals surface area contributed by atoms with Gasteiger partial charge in [-0.1, -0.05) is 0 Å². The summed E-state index contributed by atoms with van der Waals surface area (Å²) in [5.41, 5.74) is 0. The molecule has 0 amide bonds. The molecular formula is C10H16O9. The summed E-state index contributed by atoms with van der Waals surface area (Å²) in [5, 5.41) is 46.2. The predicted molar refractivity (Wildman–Crippen MR) is 57.1 cm³/mol. The average Bonchev–Trinajstić information content (AvgIpc) is 2.34. The summed E-state index contributed by atoms with van der Waals surface area (Å²) < 4.78 is 9.77. The summed E-state index contributed by atoms with van der Waals surface area (Å²) in [7, 11) is 1.18. The van der Waals surface area contributed by atoms with E-state index in [4.69, 9.17) is 19.7 Å². The van der Waals surface area contributed by atoms with Crippen molar-refractivity contribution in [2.45, 2.75) is 37.1 Å². The number of aliphatic hydroxyl groups is 3. The Bertz CT molecular complexity index is 328. The molecule has 2 unspecified atom stereocenters. The lowest BCUT2D eigenvalue weighted by molar-refractivity contribution is -0.292. The summed E-state index contributed by atoms with van der Waals surface area (Å²) >= 11 is 0. The van der Waals surface area contributed by atoms with Crippen molar-refractivity contribution >= 4 is 11.9 Å². The maximum absolute atomic E-state index is 10.8. The molecule has 1 aliphatic heterocycles. The molecule has 0 radical (unpaired) electrons. The second-order valence-corrected chi connectivity index (χ2v) is 4.22. The number of carboxylic acids is 2. The van der Waals surface area contributed by atoms with Gasteiger partial charge in [-0.15, -0.1) is 0 Å². The molecule has 0 aliphatic carbocycles. The summed E-state index contributed by atoms with van der Waals surface area (Å²) in [5.74, 6) is -4.96. The maximum atomic E-state index is 10.8. The van der Waals surface area contributed by atoms with E-state index >= 15 is 0 Å². The Balaban J connectivity index is 2.81. The SMILES string of the molecule is CO[C@H]1OC(CC(C(=O)O)C(=O)O)[C@@H](O)[C@H](O)C1O. The smallest absolute Gasteiger partial charge is 0.317 e. The molecule has 0 saturated carbocycles. The Hall–Kier alpha value is -1.26. The largest absolute Gasteiger partial charge is 0.481 e. The lowest BCUT2D eigenvalue weighted by atomic mass is 9.91. The Kier molecular flexibility index (Phi) is 5.20. The fraction of sp³-hybridized carbons (Fsp3) is 0.800. The van der Waals surface area contributed by atoms with Gasteiger partial charge in [-0.05, 0) is 0 Å². The minimum absolute atomic E-state index is 0.560. The Labute approximate surface area is 108 Å². The van der Waals surface area contributed by atoms with Crippen LogP contribution in [0.1, 0.15) is 6.42 Å². The first kappa shape index (κ1) is 15.8. The van der Waals surface area contributed by atoms with E-state index < -0.39 is 55.0 Å². The third-order valence-corrected chi connectivity index (χ3v) is 2.97. The van der Waals surface area contributed by atoms with Crippen molar-refractivity contribution < 1.29 is 44.6 Å². The molecule has 110 valence electrons. The Morgan fingerprint density at radius 1 is 1.11 bits per heavy atom. The monoisotopic (exact) mass is 280 g/mol. The Morgan fingerprint density at radius 2 is 1.63 bits per heavy atom. The van der Waals surface area contributed by atoms with Gasteiger partial charge in [0.05, 0.1) is 6.10 Å². The first-order chi connectivity index (χ1) is 8.79. The van der Waals surface area contributed by atoms with Crippen LogP contribution in [0.25, 0.3) is 0 Å². The van der Waals surface area contributed by atoms with Crippen LogP contribution in [-0.4, -0.2) is 75.3 Å². The molecule has 1 fully saturated rings. The normalized spacial score (nSPS) is 35.3. The van der Waals surface area contributed by atoms with Crippen LogP contribution in [0.4, 0.5) is 0 Å². The zero-order chi connectivity index (χ0) is 14.7. The van der Waals surface area contributed by atoms with Crippen LogP contribution in [0.5, 0.6) is 0 Å². The minimum atomic E-state index is -1.79. The summed E-state index contributed by atoms with van der Waals surface area (Å²) in [6.45, 7) is 0. The minimum Gasteiger partial charge on any atom is -0.481 e. The molecule has 0 aromatic rings. The molecular weight excluding hydrogens is 264 g/mol. The van der Waals surface area contributed by atoms with Crippen LogP contribution in [-0.2, 0) is 19.1 Å². The molecule has 5 atom stereocenters. The van der Waals surface area contributed by atoms with Crippen LogP contribution < -0.4 is 0 Å². The zero-order valence-electron chi connectivity index (χ0n) is 10.0. The lowest BCUT2D eigenvalue weighted by Gasteiger charge is -2.40. The highest BCUT2D eigenvalue weighted by Crippen LogP contribution is 2.26. The standard InChI is InChI=1S/C10H16O9/c1-18-10-7(13)6(12)5(11)4(19-10)2-3(8(14)15)9(16)17/h3-7,10-13H,2H2,1H3,(H,14,15)(H,16,17)/t4?,5-,6+,7?,10+/m1/s1. The summed E-state index contributed by atoms with van der Waals surface area (Å²) in [6.07, 6.45) is -7.85. The van der Waals surface area contributed by atoms with Crippen molar-refractivity contribution in [1.82, 2.24) is 0 Å².